The molecule has 1 nitrogen and oxygen atoms in total. The Morgan fingerprint density at radius 2 is 2.23 bits per heavy atom. The van der Waals surface area contributed by atoms with E-state index in [4.69, 9.17) is 0 Å². The Labute approximate surface area is 82.9 Å². The van der Waals surface area contributed by atoms with Gasteiger partial charge in [-0.15, -0.1) is 6.58 Å². The summed E-state index contributed by atoms with van der Waals surface area (Å²) in [5.74, 6) is 0.771. The van der Waals surface area contributed by atoms with Gasteiger partial charge in [0.25, 0.3) is 0 Å². The average molecular weight is 181 g/mol. The summed E-state index contributed by atoms with van der Waals surface area (Å²) in [5, 5.41) is 3.41. The fourth-order valence-electron chi connectivity index (χ4n) is 1.03. The number of rotatable bonds is 8. The number of hydrogen-bond acceptors (Lipinski definition) is 1. The second-order valence-electron chi connectivity index (χ2n) is 3.72. The van der Waals surface area contributed by atoms with Crippen LogP contribution in [0.4, 0.5) is 0 Å². The lowest BCUT2D eigenvalue weighted by atomic mass is 10.1. The third kappa shape index (κ3) is 7.79. The molecule has 0 bridgehead atoms. The van der Waals surface area contributed by atoms with Gasteiger partial charge in [0.15, 0.2) is 0 Å². The molecule has 0 fully saturated rings. The van der Waals surface area contributed by atoms with Crippen LogP contribution < -0.4 is 5.32 Å². The topological polar surface area (TPSA) is 12.0 Å². The van der Waals surface area contributed by atoms with E-state index in [1.54, 1.807) is 0 Å². The maximum absolute atomic E-state index is 4.00. The number of nitrogens with one attached hydrogen (secondary N) is 1. The highest BCUT2D eigenvalue weighted by molar-refractivity contribution is 4.98. The molecule has 0 aromatic carbocycles. The van der Waals surface area contributed by atoms with E-state index in [0.29, 0.717) is 0 Å². The van der Waals surface area contributed by atoms with Crippen molar-refractivity contribution >= 4 is 0 Å². The second-order valence-corrected chi connectivity index (χ2v) is 3.72. The first-order valence-electron chi connectivity index (χ1n) is 5.19. The van der Waals surface area contributed by atoms with Crippen molar-refractivity contribution in [2.24, 2.45) is 5.92 Å². The normalized spacial score (nSPS) is 12.5. The molecule has 0 aliphatic carbocycles. The average Bonchev–Trinajstić information content (AvgIpc) is 2.14. The molecule has 0 saturated carbocycles. The molecular formula is C12H23N. The number of hydrogen-bond donors (Lipinski definition) is 1. The van der Waals surface area contributed by atoms with Crippen molar-refractivity contribution in [1.82, 2.24) is 5.32 Å². The zero-order chi connectivity index (χ0) is 10.1. The summed E-state index contributed by atoms with van der Waals surface area (Å²) in [6.45, 7) is 14.2. The fourth-order valence-corrected chi connectivity index (χ4v) is 1.03. The minimum Gasteiger partial charge on any atom is -0.313 e. The van der Waals surface area contributed by atoms with Gasteiger partial charge in [-0.05, 0) is 25.3 Å². The Hall–Kier alpha value is -0.560. The Morgan fingerprint density at radius 3 is 2.77 bits per heavy atom. The van der Waals surface area contributed by atoms with Crippen LogP contribution in [0.3, 0.4) is 0 Å². The first-order valence-corrected chi connectivity index (χ1v) is 5.19. The van der Waals surface area contributed by atoms with Crippen LogP contribution in [0, 0.1) is 5.92 Å². The highest BCUT2D eigenvalue weighted by Crippen LogP contribution is 2.02. The SMILES string of the molecule is C=CCCC(=C)CNCC(C)CC. The van der Waals surface area contributed by atoms with Crippen molar-refractivity contribution in [3.05, 3.63) is 24.8 Å². The van der Waals surface area contributed by atoms with Crippen LogP contribution in [0.5, 0.6) is 0 Å². The van der Waals surface area contributed by atoms with E-state index < -0.39 is 0 Å². The quantitative estimate of drug-likeness (QED) is 0.567. The zero-order valence-electron chi connectivity index (χ0n) is 9.10. The largest absolute Gasteiger partial charge is 0.313 e. The summed E-state index contributed by atoms with van der Waals surface area (Å²) >= 11 is 0. The van der Waals surface area contributed by atoms with Gasteiger partial charge in [0, 0.05) is 6.54 Å². The molecule has 0 rings (SSSR count). The van der Waals surface area contributed by atoms with Crippen molar-refractivity contribution in [2.45, 2.75) is 33.1 Å². The molecule has 0 heterocycles. The molecule has 1 unspecified atom stereocenters. The molecule has 0 aromatic rings. The molecule has 1 N–H and O–H groups in total. The van der Waals surface area contributed by atoms with Gasteiger partial charge in [0.1, 0.15) is 0 Å². The Kier molecular flexibility index (Phi) is 7.71. The van der Waals surface area contributed by atoms with Gasteiger partial charge in [-0.1, -0.05) is 38.5 Å². The van der Waals surface area contributed by atoms with Gasteiger partial charge in [0.05, 0.1) is 0 Å². The van der Waals surface area contributed by atoms with E-state index in [1.807, 2.05) is 6.08 Å². The summed E-state index contributed by atoms with van der Waals surface area (Å²) in [4.78, 5) is 0. The summed E-state index contributed by atoms with van der Waals surface area (Å²) in [5.41, 5.74) is 1.28. The molecule has 0 aromatic heterocycles. The van der Waals surface area contributed by atoms with Crippen LogP contribution in [-0.2, 0) is 0 Å². The lowest BCUT2D eigenvalue weighted by Gasteiger charge is -2.10. The lowest BCUT2D eigenvalue weighted by molar-refractivity contribution is 0.511. The molecule has 1 atom stereocenters. The van der Waals surface area contributed by atoms with Crippen LogP contribution in [0.2, 0.25) is 0 Å². The van der Waals surface area contributed by atoms with Crippen LogP contribution in [-0.4, -0.2) is 13.1 Å². The van der Waals surface area contributed by atoms with Crippen LogP contribution >= 0.6 is 0 Å². The first-order chi connectivity index (χ1) is 6.20. The third-order valence-electron chi connectivity index (χ3n) is 2.27. The van der Waals surface area contributed by atoms with Gasteiger partial charge in [-0.3, -0.25) is 0 Å². The predicted molar refractivity (Wildman–Crippen MR) is 60.9 cm³/mol. The Morgan fingerprint density at radius 1 is 1.54 bits per heavy atom. The summed E-state index contributed by atoms with van der Waals surface area (Å²) in [6, 6.07) is 0. The molecule has 0 aliphatic heterocycles. The van der Waals surface area contributed by atoms with E-state index in [-0.39, 0.29) is 0 Å². The number of allylic oxidation sites excluding steroid dienone is 1. The highest BCUT2D eigenvalue weighted by Gasteiger charge is 1.98. The van der Waals surface area contributed by atoms with Crippen molar-refractivity contribution < 1.29 is 0 Å². The Balaban J connectivity index is 3.31. The van der Waals surface area contributed by atoms with E-state index in [0.717, 1.165) is 31.8 Å². The van der Waals surface area contributed by atoms with Crippen LogP contribution in [0.25, 0.3) is 0 Å². The minimum absolute atomic E-state index is 0.771. The van der Waals surface area contributed by atoms with Gasteiger partial charge >= 0.3 is 0 Å². The molecule has 1 heteroatoms. The summed E-state index contributed by atoms with van der Waals surface area (Å²) < 4.78 is 0. The molecular weight excluding hydrogens is 158 g/mol. The minimum atomic E-state index is 0.771. The highest BCUT2D eigenvalue weighted by atomic mass is 14.9. The summed E-state index contributed by atoms with van der Waals surface area (Å²) in [6.07, 6.45) is 5.30. The molecule has 0 spiro atoms. The van der Waals surface area contributed by atoms with Gasteiger partial charge in [0.2, 0.25) is 0 Å². The van der Waals surface area contributed by atoms with Crippen LogP contribution in [0.15, 0.2) is 24.8 Å². The first kappa shape index (κ1) is 12.4. The van der Waals surface area contributed by atoms with Crippen molar-refractivity contribution in [1.29, 1.82) is 0 Å². The molecule has 13 heavy (non-hydrogen) atoms. The smallest absolute Gasteiger partial charge is 0.0162 e. The molecule has 0 radical (unpaired) electrons. The van der Waals surface area contributed by atoms with Crippen molar-refractivity contribution in [3.8, 4) is 0 Å². The van der Waals surface area contributed by atoms with Crippen molar-refractivity contribution in [3.63, 3.8) is 0 Å². The van der Waals surface area contributed by atoms with Gasteiger partial charge in [-0.25, -0.2) is 0 Å². The monoisotopic (exact) mass is 181 g/mol. The van der Waals surface area contributed by atoms with E-state index >= 15 is 0 Å². The van der Waals surface area contributed by atoms with Gasteiger partial charge < -0.3 is 5.32 Å². The molecule has 0 saturated heterocycles. The maximum atomic E-state index is 4.00. The standard InChI is InChI=1S/C12H23N/c1-5-7-8-12(4)10-13-9-11(3)6-2/h5,11,13H,1,4,6-10H2,2-3H3. The van der Waals surface area contributed by atoms with E-state index in [1.165, 1.54) is 12.0 Å². The lowest BCUT2D eigenvalue weighted by Crippen LogP contribution is -2.22. The van der Waals surface area contributed by atoms with Gasteiger partial charge in [-0.2, -0.15) is 0 Å². The molecule has 0 aliphatic rings. The third-order valence-corrected chi connectivity index (χ3v) is 2.27. The maximum Gasteiger partial charge on any atom is 0.0162 e. The van der Waals surface area contributed by atoms with Crippen molar-refractivity contribution in [2.75, 3.05) is 13.1 Å². The second kappa shape index (κ2) is 8.06. The van der Waals surface area contributed by atoms with Crippen LogP contribution in [0.1, 0.15) is 33.1 Å². The fraction of sp³-hybridized carbons (Fsp3) is 0.667. The zero-order valence-corrected chi connectivity index (χ0v) is 9.10. The molecule has 0 amide bonds. The summed E-state index contributed by atoms with van der Waals surface area (Å²) in [7, 11) is 0. The van der Waals surface area contributed by atoms with E-state index in [2.05, 4.69) is 32.3 Å². The molecule has 76 valence electrons. The predicted octanol–water partition coefficient (Wildman–Crippen LogP) is 3.14. The van der Waals surface area contributed by atoms with E-state index in [9.17, 15) is 0 Å². The Bertz CT molecular complexity index is 149.